The number of aryl methyl sites for hydroxylation is 2. The first-order valence-electron chi connectivity index (χ1n) is 9.80. The van der Waals surface area contributed by atoms with Gasteiger partial charge in [-0.3, -0.25) is 9.59 Å². The third kappa shape index (κ3) is 3.33. The standard InChI is InChI=1S/C22H23N3O5/c1-13-10-16(18-14(2)24-30-19(18)23-13)20(27)25-9-8-17(26)22(12-25,21(28)29)11-15-6-4-3-5-7-15/h3-7,10,17,26H,8-9,11-12H2,1-2H3,(H,28,29)/t17-,22-/m0/s1. The van der Waals surface area contributed by atoms with Crippen LogP contribution in [-0.4, -0.2) is 56.3 Å². The number of aliphatic carboxylic acids is 1. The van der Waals surface area contributed by atoms with Crippen LogP contribution in [0.5, 0.6) is 0 Å². The molecule has 0 bridgehead atoms. The second kappa shape index (κ2) is 7.53. The van der Waals surface area contributed by atoms with Crippen LogP contribution in [-0.2, 0) is 11.2 Å². The van der Waals surface area contributed by atoms with Crippen molar-refractivity contribution in [1.29, 1.82) is 0 Å². The van der Waals surface area contributed by atoms with Crippen LogP contribution in [0.2, 0.25) is 0 Å². The van der Waals surface area contributed by atoms with Crippen LogP contribution >= 0.6 is 0 Å². The van der Waals surface area contributed by atoms with Crippen molar-refractivity contribution in [2.24, 2.45) is 5.41 Å². The number of amides is 1. The fourth-order valence-electron chi connectivity index (χ4n) is 4.23. The molecule has 1 aliphatic rings. The van der Waals surface area contributed by atoms with Crippen molar-refractivity contribution in [3.63, 3.8) is 0 Å². The highest BCUT2D eigenvalue weighted by Crippen LogP contribution is 2.36. The molecule has 8 heteroatoms. The summed E-state index contributed by atoms with van der Waals surface area (Å²) in [4.78, 5) is 31.6. The number of rotatable bonds is 4. The Hall–Kier alpha value is -3.26. The van der Waals surface area contributed by atoms with Gasteiger partial charge in [-0.15, -0.1) is 0 Å². The molecule has 1 aliphatic heterocycles. The summed E-state index contributed by atoms with van der Waals surface area (Å²) >= 11 is 0. The van der Waals surface area contributed by atoms with E-state index in [9.17, 15) is 19.8 Å². The zero-order valence-electron chi connectivity index (χ0n) is 16.8. The number of carboxylic acid groups (broad SMARTS) is 1. The van der Waals surface area contributed by atoms with Crippen molar-refractivity contribution >= 4 is 23.0 Å². The molecule has 1 fully saturated rings. The van der Waals surface area contributed by atoms with Gasteiger partial charge >= 0.3 is 5.97 Å². The first-order valence-corrected chi connectivity index (χ1v) is 9.80. The normalized spacial score (nSPS) is 21.7. The molecule has 3 aromatic rings. The van der Waals surface area contributed by atoms with Gasteiger partial charge in [0.15, 0.2) is 0 Å². The Balaban J connectivity index is 1.71. The van der Waals surface area contributed by atoms with E-state index in [1.807, 2.05) is 30.3 Å². The van der Waals surface area contributed by atoms with Gasteiger partial charge in [0.25, 0.3) is 11.6 Å². The summed E-state index contributed by atoms with van der Waals surface area (Å²) in [6.07, 6.45) is -0.748. The molecule has 0 unspecified atom stereocenters. The molecule has 0 radical (unpaired) electrons. The average molecular weight is 409 g/mol. The van der Waals surface area contributed by atoms with Crippen LogP contribution in [0.4, 0.5) is 0 Å². The Bertz CT molecular complexity index is 1110. The van der Waals surface area contributed by atoms with Crippen molar-refractivity contribution in [2.75, 3.05) is 13.1 Å². The number of fused-ring (bicyclic) bond motifs is 1. The lowest BCUT2D eigenvalue weighted by Gasteiger charge is -2.43. The summed E-state index contributed by atoms with van der Waals surface area (Å²) in [6.45, 7) is 3.66. The molecule has 0 aliphatic carbocycles. The zero-order valence-corrected chi connectivity index (χ0v) is 16.8. The Morgan fingerprint density at radius 2 is 2.00 bits per heavy atom. The lowest BCUT2D eigenvalue weighted by Crippen LogP contribution is -2.58. The molecule has 0 spiro atoms. The van der Waals surface area contributed by atoms with Crippen LogP contribution in [0.25, 0.3) is 11.1 Å². The maximum absolute atomic E-state index is 13.4. The number of hydrogen-bond donors (Lipinski definition) is 2. The van der Waals surface area contributed by atoms with Gasteiger partial charge in [0.1, 0.15) is 5.41 Å². The van der Waals surface area contributed by atoms with Gasteiger partial charge in [-0.25, -0.2) is 4.98 Å². The fourth-order valence-corrected chi connectivity index (χ4v) is 4.23. The maximum atomic E-state index is 13.4. The van der Waals surface area contributed by atoms with Gasteiger partial charge < -0.3 is 19.6 Å². The molecule has 3 heterocycles. The number of likely N-dealkylation sites (tertiary alicyclic amines) is 1. The number of benzene rings is 1. The lowest BCUT2D eigenvalue weighted by molar-refractivity contribution is -0.161. The van der Waals surface area contributed by atoms with E-state index >= 15 is 0 Å². The number of nitrogens with zero attached hydrogens (tertiary/aromatic N) is 3. The summed E-state index contributed by atoms with van der Waals surface area (Å²) in [6, 6.07) is 10.8. The van der Waals surface area contributed by atoms with Gasteiger partial charge in [-0.2, -0.15) is 0 Å². The minimum atomic E-state index is -1.49. The molecule has 1 aromatic carbocycles. The van der Waals surface area contributed by atoms with Crippen molar-refractivity contribution in [2.45, 2.75) is 32.8 Å². The Kier molecular flexibility index (Phi) is 5.03. The highest BCUT2D eigenvalue weighted by molar-refractivity contribution is 6.06. The van der Waals surface area contributed by atoms with Gasteiger partial charge in [0.2, 0.25) is 0 Å². The highest BCUT2D eigenvalue weighted by Gasteiger charge is 2.50. The largest absolute Gasteiger partial charge is 0.481 e. The molecule has 1 saturated heterocycles. The van der Waals surface area contributed by atoms with E-state index in [4.69, 9.17) is 4.52 Å². The lowest BCUT2D eigenvalue weighted by atomic mass is 9.72. The second-order valence-corrected chi connectivity index (χ2v) is 7.91. The molecule has 2 N–H and O–H groups in total. The Labute approximate surface area is 173 Å². The summed E-state index contributed by atoms with van der Waals surface area (Å²) < 4.78 is 5.22. The van der Waals surface area contributed by atoms with E-state index in [0.29, 0.717) is 22.3 Å². The van der Waals surface area contributed by atoms with E-state index in [0.717, 1.165) is 5.56 Å². The number of piperidine rings is 1. The minimum absolute atomic E-state index is 0.0928. The number of hydrogen-bond acceptors (Lipinski definition) is 6. The van der Waals surface area contributed by atoms with Gasteiger partial charge in [0.05, 0.1) is 22.7 Å². The monoisotopic (exact) mass is 409 g/mol. The topological polar surface area (TPSA) is 117 Å². The number of aliphatic hydroxyl groups excluding tert-OH is 1. The fraction of sp³-hybridized carbons (Fsp3) is 0.364. The highest BCUT2D eigenvalue weighted by atomic mass is 16.5. The quantitative estimate of drug-likeness (QED) is 0.679. The van der Waals surface area contributed by atoms with E-state index in [2.05, 4.69) is 10.1 Å². The molecular weight excluding hydrogens is 386 g/mol. The van der Waals surface area contributed by atoms with Crippen LogP contribution in [0, 0.1) is 19.3 Å². The summed E-state index contributed by atoms with van der Waals surface area (Å²) in [7, 11) is 0. The molecule has 8 nitrogen and oxygen atoms in total. The van der Waals surface area contributed by atoms with Gasteiger partial charge in [-0.1, -0.05) is 35.5 Å². The maximum Gasteiger partial charge on any atom is 0.314 e. The molecule has 2 aromatic heterocycles. The van der Waals surface area contributed by atoms with Crippen LogP contribution in [0.1, 0.15) is 33.7 Å². The number of aromatic nitrogens is 2. The van der Waals surface area contributed by atoms with Crippen LogP contribution in [0.3, 0.4) is 0 Å². The molecular formula is C22H23N3O5. The van der Waals surface area contributed by atoms with Crippen molar-refractivity contribution in [3.8, 4) is 0 Å². The molecule has 0 saturated carbocycles. The van der Waals surface area contributed by atoms with Gasteiger partial charge in [0, 0.05) is 18.8 Å². The molecule has 2 atom stereocenters. The second-order valence-electron chi connectivity index (χ2n) is 7.91. The predicted molar refractivity (Wildman–Crippen MR) is 108 cm³/mol. The van der Waals surface area contributed by atoms with Crippen molar-refractivity contribution < 1.29 is 24.3 Å². The number of carbonyl (C=O) groups excluding carboxylic acids is 1. The first kappa shape index (κ1) is 20.0. The zero-order chi connectivity index (χ0) is 21.5. The minimum Gasteiger partial charge on any atom is -0.481 e. The summed E-state index contributed by atoms with van der Waals surface area (Å²) in [5.41, 5.74) is 1.12. The molecule has 156 valence electrons. The SMILES string of the molecule is Cc1cc(C(=O)N2CC[C@H](O)[C@@](Cc3ccccc3)(C(=O)O)C2)c2c(C)noc2n1. The van der Waals surface area contributed by atoms with E-state index in [1.165, 1.54) is 4.90 Å². The number of carboxylic acids is 1. The first-order chi connectivity index (χ1) is 14.3. The molecule has 4 rings (SSSR count). The summed E-state index contributed by atoms with van der Waals surface area (Å²) in [5, 5.41) is 25.2. The Morgan fingerprint density at radius 1 is 1.27 bits per heavy atom. The van der Waals surface area contributed by atoms with Crippen LogP contribution in [0.15, 0.2) is 40.9 Å². The number of pyridine rings is 1. The van der Waals surface area contributed by atoms with Crippen LogP contribution < -0.4 is 0 Å². The van der Waals surface area contributed by atoms with E-state index in [-0.39, 0.29) is 37.6 Å². The average Bonchev–Trinajstić information content (AvgIpc) is 3.09. The molecule has 1 amide bonds. The van der Waals surface area contributed by atoms with Crippen molar-refractivity contribution in [3.05, 3.63) is 58.9 Å². The van der Waals surface area contributed by atoms with E-state index < -0.39 is 17.5 Å². The predicted octanol–water partition coefficient (Wildman–Crippen LogP) is 2.36. The number of aliphatic hydroxyl groups is 1. The smallest absolute Gasteiger partial charge is 0.314 e. The van der Waals surface area contributed by atoms with E-state index in [1.54, 1.807) is 19.9 Å². The third-order valence-electron chi connectivity index (χ3n) is 5.83. The third-order valence-corrected chi connectivity index (χ3v) is 5.83. The number of carbonyl (C=O) groups is 2. The van der Waals surface area contributed by atoms with Crippen molar-refractivity contribution in [1.82, 2.24) is 15.0 Å². The summed E-state index contributed by atoms with van der Waals surface area (Å²) in [5.74, 6) is -1.43. The van der Waals surface area contributed by atoms with Gasteiger partial charge in [-0.05, 0) is 38.3 Å². The molecule has 30 heavy (non-hydrogen) atoms. The Morgan fingerprint density at radius 3 is 2.70 bits per heavy atom.